The molecule has 0 rings (SSSR count). The van der Waals surface area contributed by atoms with Crippen molar-refractivity contribution in [1.29, 1.82) is 0 Å². The highest BCUT2D eigenvalue weighted by atomic mass is 31.2. The number of phosphoric ester groups is 1. The lowest BCUT2D eigenvalue weighted by atomic mass is 10.0. The van der Waals surface area contributed by atoms with E-state index in [9.17, 15) is 19.0 Å². The predicted molar refractivity (Wildman–Crippen MR) is 360 cm³/mol. The predicted octanol–water partition coefficient (Wildman–Crippen LogP) is 21.4. The van der Waals surface area contributed by atoms with Gasteiger partial charge < -0.3 is 27.9 Å². The van der Waals surface area contributed by atoms with Gasteiger partial charge in [0.2, 0.25) is 0 Å². The molecule has 0 heterocycles. The maximum Gasteiger partial charge on any atom is 0.306 e. The van der Waals surface area contributed by atoms with E-state index in [-0.39, 0.29) is 32.0 Å². The number of likely N-dealkylation sites (N-methyl/N-ethyl adjacent to an activating group) is 1. The quantitative estimate of drug-likeness (QED) is 0.0195. The van der Waals surface area contributed by atoms with Crippen LogP contribution in [0.4, 0.5) is 0 Å². The zero-order chi connectivity index (χ0) is 61.2. The Morgan fingerprint density at radius 2 is 0.679 bits per heavy atom. The van der Waals surface area contributed by atoms with E-state index >= 15 is 0 Å². The van der Waals surface area contributed by atoms with Gasteiger partial charge in [-0.2, -0.15) is 0 Å². The fourth-order valence-electron chi connectivity index (χ4n) is 8.97. The third-order valence-electron chi connectivity index (χ3n) is 14.2. The molecule has 480 valence electrons. The Bertz CT molecular complexity index is 1880. The summed E-state index contributed by atoms with van der Waals surface area (Å²) in [5.41, 5.74) is 0. The average Bonchev–Trinajstić information content (AvgIpc) is 3.61. The summed E-state index contributed by atoms with van der Waals surface area (Å²) >= 11 is 0. The number of quaternary nitrogens is 1. The van der Waals surface area contributed by atoms with Gasteiger partial charge in [-0.05, 0) is 116 Å². The monoisotopic (exact) mass is 1190 g/mol. The molecule has 0 aromatic heterocycles. The Morgan fingerprint density at radius 1 is 0.381 bits per heavy atom. The number of esters is 2. The van der Waals surface area contributed by atoms with E-state index in [0.717, 1.165) is 109 Å². The maximum absolute atomic E-state index is 12.9. The van der Waals surface area contributed by atoms with Crippen LogP contribution in [0.25, 0.3) is 0 Å². The van der Waals surface area contributed by atoms with Gasteiger partial charge in [-0.15, -0.1) is 0 Å². The number of carbonyl (C=O) groups excluding carboxylic acids is 2. The molecule has 0 fully saturated rings. The first-order valence-electron chi connectivity index (χ1n) is 33.9. The Kier molecular flexibility index (Phi) is 60.7. The molecule has 0 aliphatic rings. The number of phosphoric acid groups is 1. The Balaban J connectivity index is 4.15. The van der Waals surface area contributed by atoms with Crippen molar-refractivity contribution in [3.05, 3.63) is 134 Å². The van der Waals surface area contributed by atoms with Gasteiger partial charge >= 0.3 is 11.9 Å². The van der Waals surface area contributed by atoms with Crippen LogP contribution in [0.2, 0.25) is 0 Å². The largest absolute Gasteiger partial charge is 0.756 e. The van der Waals surface area contributed by atoms with E-state index in [2.05, 4.69) is 148 Å². The van der Waals surface area contributed by atoms with Crippen molar-refractivity contribution in [3.8, 4) is 0 Å². The second-order valence-corrected chi connectivity index (χ2v) is 24.9. The minimum Gasteiger partial charge on any atom is -0.756 e. The van der Waals surface area contributed by atoms with E-state index in [0.29, 0.717) is 17.4 Å². The molecule has 2 unspecified atom stereocenters. The van der Waals surface area contributed by atoms with E-state index in [1.54, 1.807) is 0 Å². The normalized spacial score (nSPS) is 14.0. The van der Waals surface area contributed by atoms with Crippen LogP contribution in [0.3, 0.4) is 0 Å². The summed E-state index contributed by atoms with van der Waals surface area (Å²) in [7, 11) is 1.15. The average molecular weight is 1190 g/mol. The standard InChI is InChI=1S/C74H126NO8P/c1-6-8-10-12-14-16-18-20-22-24-26-28-30-32-34-35-36-37-38-39-41-43-45-47-49-51-53-55-57-59-61-63-65-67-74(77)83-72(71-82-84(78,79)81-69-68-75(3,4)5)70-80-73(76)66-64-62-60-58-56-54-52-50-48-46-44-42-40-33-31-29-27-25-23-21-19-17-15-13-11-9-7-2/h8,10,14,16,19-22,25-28,31-34,36-37,39,41,45,47,72H,6-7,9,11-13,15,17-18,23-24,29-30,35,38,40,42-44,46,48-71H2,1-5H3/b10-8-,16-14-,21-19-,22-20-,27-25-,28-26-,33-31-,34-32-,37-36-,41-39-,47-45-. The van der Waals surface area contributed by atoms with Gasteiger partial charge in [-0.3, -0.25) is 14.2 Å². The Hall–Kier alpha value is -3.85. The SMILES string of the molecule is CC/C=C\C/C=C\C/C=C\C/C=C\C/C=C\C/C=C\C/C=C\C/C=C\CCCCCCCCCCC(=O)OC(COC(=O)CCCCCCCCCCCCCC/C=C\C/C=C\C/C=C\CCCCCCC)COP(=O)([O-])OCC[N+](C)(C)C. The molecule has 0 aliphatic carbocycles. The summed E-state index contributed by atoms with van der Waals surface area (Å²) in [4.78, 5) is 38.0. The third kappa shape index (κ3) is 67.3. The number of ether oxygens (including phenoxy) is 2. The molecular formula is C74H126NO8P. The highest BCUT2D eigenvalue weighted by molar-refractivity contribution is 7.45. The summed E-state index contributed by atoms with van der Waals surface area (Å²) in [6, 6.07) is 0. The van der Waals surface area contributed by atoms with Crippen molar-refractivity contribution in [3.63, 3.8) is 0 Å². The van der Waals surface area contributed by atoms with Gasteiger partial charge in [0.25, 0.3) is 7.82 Å². The second-order valence-electron chi connectivity index (χ2n) is 23.5. The number of nitrogens with zero attached hydrogens (tertiary/aromatic N) is 1. The third-order valence-corrected chi connectivity index (χ3v) is 15.1. The molecule has 0 saturated carbocycles. The van der Waals surface area contributed by atoms with E-state index < -0.39 is 26.5 Å². The first kappa shape index (κ1) is 80.2. The molecule has 0 radical (unpaired) electrons. The van der Waals surface area contributed by atoms with Crippen molar-refractivity contribution in [1.82, 2.24) is 0 Å². The number of allylic oxidation sites excluding steroid dienone is 22. The van der Waals surface area contributed by atoms with Crippen LogP contribution >= 0.6 is 7.82 Å². The fraction of sp³-hybridized carbons (Fsp3) is 0.676. The molecule has 0 aliphatic heterocycles. The van der Waals surface area contributed by atoms with Crippen molar-refractivity contribution in [2.75, 3.05) is 47.5 Å². The molecule has 0 spiro atoms. The molecule has 9 nitrogen and oxygen atoms in total. The van der Waals surface area contributed by atoms with Crippen LogP contribution in [0.15, 0.2) is 134 Å². The molecule has 0 aromatic rings. The lowest BCUT2D eigenvalue weighted by Gasteiger charge is -2.28. The minimum absolute atomic E-state index is 0.0393. The topological polar surface area (TPSA) is 111 Å². The summed E-state index contributed by atoms with van der Waals surface area (Å²) < 4.78 is 34.3. The molecule has 84 heavy (non-hydrogen) atoms. The molecule has 0 amide bonds. The van der Waals surface area contributed by atoms with Gasteiger partial charge in [0, 0.05) is 12.8 Å². The molecular weight excluding hydrogens is 1060 g/mol. The van der Waals surface area contributed by atoms with Crippen molar-refractivity contribution < 1.29 is 42.1 Å². The summed E-state index contributed by atoms with van der Waals surface area (Å²) in [5.74, 6) is -0.848. The maximum atomic E-state index is 12.9. The first-order chi connectivity index (χ1) is 41.0. The molecule has 0 saturated heterocycles. The molecule has 0 bridgehead atoms. The van der Waals surface area contributed by atoms with Crippen LogP contribution in [0.1, 0.15) is 271 Å². The van der Waals surface area contributed by atoms with Gasteiger partial charge in [0.15, 0.2) is 6.10 Å². The first-order valence-corrected chi connectivity index (χ1v) is 35.4. The van der Waals surface area contributed by atoms with Gasteiger partial charge in [-0.1, -0.05) is 276 Å². The summed E-state index contributed by atoms with van der Waals surface area (Å²) in [6.45, 7) is 4.11. The minimum atomic E-state index is -4.65. The van der Waals surface area contributed by atoms with Crippen molar-refractivity contribution >= 4 is 19.8 Å². The van der Waals surface area contributed by atoms with Crippen LogP contribution in [0, 0.1) is 0 Å². The number of hydrogen-bond acceptors (Lipinski definition) is 8. The number of carbonyl (C=O) groups is 2. The zero-order valence-corrected chi connectivity index (χ0v) is 55.4. The van der Waals surface area contributed by atoms with E-state index in [1.165, 1.54) is 128 Å². The van der Waals surface area contributed by atoms with Crippen molar-refractivity contribution in [2.45, 2.75) is 277 Å². The lowest BCUT2D eigenvalue weighted by Crippen LogP contribution is -2.37. The van der Waals surface area contributed by atoms with Gasteiger partial charge in [0.05, 0.1) is 27.7 Å². The molecule has 0 aromatic carbocycles. The van der Waals surface area contributed by atoms with Crippen molar-refractivity contribution in [2.24, 2.45) is 0 Å². The highest BCUT2D eigenvalue weighted by Crippen LogP contribution is 2.38. The highest BCUT2D eigenvalue weighted by Gasteiger charge is 2.22. The molecule has 0 N–H and O–H groups in total. The smallest absolute Gasteiger partial charge is 0.306 e. The van der Waals surface area contributed by atoms with Crippen LogP contribution in [-0.4, -0.2) is 70.0 Å². The van der Waals surface area contributed by atoms with Gasteiger partial charge in [0.1, 0.15) is 19.8 Å². The number of rotatable bonds is 61. The Morgan fingerprint density at radius 3 is 1.01 bits per heavy atom. The van der Waals surface area contributed by atoms with Crippen LogP contribution in [0.5, 0.6) is 0 Å². The summed E-state index contributed by atoms with van der Waals surface area (Å²) in [6.07, 6.45) is 92.2. The van der Waals surface area contributed by atoms with E-state index in [4.69, 9.17) is 18.5 Å². The fourth-order valence-corrected chi connectivity index (χ4v) is 9.70. The van der Waals surface area contributed by atoms with Crippen LogP contribution in [-0.2, 0) is 32.7 Å². The molecule has 10 heteroatoms. The Labute approximate surface area is 517 Å². The zero-order valence-electron chi connectivity index (χ0n) is 54.6. The number of unbranched alkanes of at least 4 members (excludes halogenated alkanes) is 25. The van der Waals surface area contributed by atoms with Gasteiger partial charge in [-0.25, -0.2) is 0 Å². The lowest BCUT2D eigenvalue weighted by molar-refractivity contribution is -0.870. The second kappa shape index (κ2) is 63.6. The van der Waals surface area contributed by atoms with E-state index in [1.807, 2.05) is 21.1 Å². The number of hydrogen-bond donors (Lipinski definition) is 0. The molecule has 2 atom stereocenters. The van der Waals surface area contributed by atoms with Crippen LogP contribution < -0.4 is 4.89 Å². The summed E-state index contributed by atoms with van der Waals surface area (Å²) in [5, 5.41) is 0.